The number of carbonyl (C=O) groups is 2. The SMILES string of the molecule is Cc1nc(Nc2nc(N3CCCC(NC(=O)N(C)C)C3)cnc2C(N)=O)ccc1F. The van der Waals surface area contributed by atoms with E-state index in [-0.39, 0.29) is 29.3 Å². The number of halogens is 1. The molecule has 1 aliphatic heterocycles. The van der Waals surface area contributed by atoms with Crippen molar-refractivity contribution in [3.63, 3.8) is 0 Å². The molecule has 1 unspecified atom stereocenters. The van der Waals surface area contributed by atoms with Crippen molar-refractivity contribution in [2.24, 2.45) is 5.73 Å². The molecular weight excluding hydrogens is 391 g/mol. The first kappa shape index (κ1) is 21.2. The van der Waals surface area contributed by atoms with Gasteiger partial charge in [0.15, 0.2) is 11.5 Å². The highest BCUT2D eigenvalue weighted by Gasteiger charge is 2.24. The highest BCUT2D eigenvalue weighted by Crippen LogP contribution is 2.23. The van der Waals surface area contributed by atoms with Gasteiger partial charge in [0.25, 0.3) is 5.91 Å². The Hall–Kier alpha value is -3.50. The van der Waals surface area contributed by atoms with Gasteiger partial charge in [-0.05, 0) is 31.9 Å². The molecule has 0 spiro atoms. The second kappa shape index (κ2) is 8.89. The van der Waals surface area contributed by atoms with Gasteiger partial charge in [0.1, 0.15) is 17.5 Å². The number of nitrogens with one attached hydrogen (secondary N) is 2. The summed E-state index contributed by atoms with van der Waals surface area (Å²) in [6, 6.07) is 2.52. The van der Waals surface area contributed by atoms with Crippen molar-refractivity contribution in [1.29, 1.82) is 0 Å². The summed E-state index contributed by atoms with van der Waals surface area (Å²) < 4.78 is 13.5. The van der Waals surface area contributed by atoms with Crippen molar-refractivity contribution in [1.82, 2.24) is 25.2 Å². The largest absolute Gasteiger partial charge is 0.364 e. The minimum Gasteiger partial charge on any atom is -0.364 e. The maximum Gasteiger partial charge on any atom is 0.317 e. The molecule has 4 N–H and O–H groups in total. The molecule has 1 saturated heterocycles. The molecule has 0 saturated carbocycles. The Morgan fingerprint density at radius 1 is 1.30 bits per heavy atom. The Kier molecular flexibility index (Phi) is 6.28. The third kappa shape index (κ3) is 4.91. The average molecular weight is 416 g/mol. The molecule has 30 heavy (non-hydrogen) atoms. The number of nitrogens with two attached hydrogens (primary N) is 1. The summed E-state index contributed by atoms with van der Waals surface area (Å²) in [4.78, 5) is 40.0. The number of primary amides is 1. The van der Waals surface area contributed by atoms with Crippen molar-refractivity contribution in [3.8, 4) is 0 Å². The van der Waals surface area contributed by atoms with Gasteiger partial charge in [0.05, 0.1) is 11.9 Å². The molecule has 11 heteroatoms. The third-order valence-corrected chi connectivity index (χ3v) is 4.74. The predicted octanol–water partition coefficient (Wildman–Crippen LogP) is 1.40. The smallest absolute Gasteiger partial charge is 0.317 e. The summed E-state index contributed by atoms with van der Waals surface area (Å²) in [5.41, 5.74) is 5.59. The van der Waals surface area contributed by atoms with Crippen LogP contribution in [0.15, 0.2) is 18.3 Å². The van der Waals surface area contributed by atoms with Crippen molar-refractivity contribution in [2.45, 2.75) is 25.8 Å². The second-order valence-corrected chi connectivity index (χ2v) is 7.31. The summed E-state index contributed by atoms with van der Waals surface area (Å²) in [5.74, 6) is -0.194. The number of hydrogen-bond acceptors (Lipinski definition) is 7. The maximum atomic E-state index is 13.5. The first-order chi connectivity index (χ1) is 14.2. The number of pyridine rings is 1. The number of carbonyl (C=O) groups excluding carboxylic acids is 2. The fraction of sp³-hybridized carbons (Fsp3) is 0.421. The number of nitrogens with zero attached hydrogens (tertiary/aromatic N) is 5. The molecule has 1 atom stereocenters. The van der Waals surface area contributed by atoms with Crippen LogP contribution in [0.1, 0.15) is 29.0 Å². The van der Waals surface area contributed by atoms with Gasteiger partial charge < -0.3 is 26.2 Å². The normalized spacial score (nSPS) is 16.1. The predicted molar refractivity (Wildman–Crippen MR) is 110 cm³/mol. The first-order valence-corrected chi connectivity index (χ1v) is 9.54. The molecule has 1 aliphatic rings. The van der Waals surface area contributed by atoms with E-state index in [0.717, 1.165) is 19.4 Å². The Balaban J connectivity index is 1.83. The van der Waals surface area contributed by atoms with Gasteiger partial charge in [-0.2, -0.15) is 0 Å². The maximum absolute atomic E-state index is 13.5. The molecule has 0 bridgehead atoms. The number of aromatic nitrogens is 3. The highest BCUT2D eigenvalue weighted by atomic mass is 19.1. The molecule has 0 aromatic carbocycles. The number of rotatable bonds is 5. The zero-order valence-corrected chi connectivity index (χ0v) is 17.1. The quantitative estimate of drug-likeness (QED) is 0.672. The molecule has 3 heterocycles. The topological polar surface area (TPSA) is 129 Å². The minimum absolute atomic E-state index is 0.0379. The van der Waals surface area contributed by atoms with Crippen LogP contribution in [-0.4, -0.2) is 65.0 Å². The monoisotopic (exact) mass is 416 g/mol. The van der Waals surface area contributed by atoms with Crippen LogP contribution in [0.2, 0.25) is 0 Å². The lowest BCUT2D eigenvalue weighted by molar-refractivity contribution is 0.0996. The molecule has 0 radical (unpaired) electrons. The average Bonchev–Trinajstić information content (AvgIpc) is 2.70. The van der Waals surface area contributed by atoms with Gasteiger partial charge in [-0.25, -0.2) is 24.1 Å². The van der Waals surface area contributed by atoms with Crippen molar-refractivity contribution >= 4 is 29.4 Å². The molecule has 2 aromatic rings. The Morgan fingerprint density at radius 3 is 2.73 bits per heavy atom. The number of hydrogen-bond donors (Lipinski definition) is 3. The van der Waals surface area contributed by atoms with E-state index in [0.29, 0.717) is 18.2 Å². The van der Waals surface area contributed by atoms with Crippen LogP contribution in [0.5, 0.6) is 0 Å². The lowest BCUT2D eigenvalue weighted by atomic mass is 10.1. The van der Waals surface area contributed by atoms with Crippen LogP contribution >= 0.6 is 0 Å². The minimum atomic E-state index is -0.745. The van der Waals surface area contributed by atoms with Crippen LogP contribution in [0.3, 0.4) is 0 Å². The van der Waals surface area contributed by atoms with Crippen LogP contribution in [0.4, 0.5) is 26.6 Å². The van der Waals surface area contributed by atoms with E-state index >= 15 is 0 Å². The molecule has 160 valence electrons. The molecule has 3 rings (SSSR count). The summed E-state index contributed by atoms with van der Waals surface area (Å²) in [5, 5.41) is 5.88. The number of urea groups is 1. The zero-order valence-electron chi connectivity index (χ0n) is 17.1. The fourth-order valence-electron chi connectivity index (χ4n) is 3.14. The van der Waals surface area contributed by atoms with Crippen molar-refractivity contribution in [3.05, 3.63) is 35.5 Å². The van der Waals surface area contributed by atoms with Crippen molar-refractivity contribution < 1.29 is 14.0 Å². The van der Waals surface area contributed by atoms with E-state index in [4.69, 9.17) is 5.73 Å². The lowest BCUT2D eigenvalue weighted by Gasteiger charge is -2.34. The Morgan fingerprint density at radius 2 is 2.07 bits per heavy atom. The summed E-state index contributed by atoms with van der Waals surface area (Å²) in [7, 11) is 3.38. The highest BCUT2D eigenvalue weighted by molar-refractivity contribution is 5.96. The Bertz CT molecular complexity index is 952. The van der Waals surface area contributed by atoms with E-state index in [1.165, 1.54) is 30.2 Å². The van der Waals surface area contributed by atoms with Gasteiger partial charge in [-0.3, -0.25) is 4.79 Å². The van der Waals surface area contributed by atoms with E-state index in [1.807, 2.05) is 4.90 Å². The van der Waals surface area contributed by atoms with Crippen LogP contribution in [0.25, 0.3) is 0 Å². The van der Waals surface area contributed by atoms with E-state index < -0.39 is 11.7 Å². The number of anilines is 3. The van der Waals surface area contributed by atoms with Gasteiger partial charge in [-0.15, -0.1) is 0 Å². The first-order valence-electron chi connectivity index (χ1n) is 9.54. The molecule has 1 fully saturated rings. The van der Waals surface area contributed by atoms with Crippen LogP contribution in [0, 0.1) is 12.7 Å². The number of piperidine rings is 1. The standard InChI is InChI=1S/C19H25FN8O2/c1-11-13(20)6-7-14(23-11)25-18-16(17(21)29)22-9-15(26-18)28-8-4-5-12(10-28)24-19(30)27(2)3/h6-7,9,12H,4-5,8,10H2,1-3H3,(H2,21,29)(H,24,30)(H,23,25,26). The molecule has 0 aliphatic carbocycles. The number of aryl methyl sites for hydroxylation is 1. The second-order valence-electron chi connectivity index (χ2n) is 7.31. The lowest BCUT2D eigenvalue weighted by Crippen LogP contribution is -2.50. The fourth-order valence-corrected chi connectivity index (χ4v) is 3.14. The zero-order chi connectivity index (χ0) is 21.8. The van der Waals surface area contributed by atoms with Crippen LogP contribution < -0.4 is 21.3 Å². The van der Waals surface area contributed by atoms with E-state index in [1.54, 1.807) is 14.1 Å². The van der Waals surface area contributed by atoms with Gasteiger partial charge >= 0.3 is 6.03 Å². The van der Waals surface area contributed by atoms with E-state index in [9.17, 15) is 14.0 Å². The van der Waals surface area contributed by atoms with Crippen LogP contribution in [-0.2, 0) is 0 Å². The summed E-state index contributed by atoms with van der Waals surface area (Å²) in [6.45, 7) is 2.82. The summed E-state index contributed by atoms with van der Waals surface area (Å²) in [6.07, 6.45) is 3.19. The molecule has 3 amide bonds. The van der Waals surface area contributed by atoms with Gasteiger partial charge in [0.2, 0.25) is 0 Å². The molecule has 2 aromatic heterocycles. The van der Waals surface area contributed by atoms with Gasteiger partial charge in [-0.1, -0.05) is 0 Å². The van der Waals surface area contributed by atoms with E-state index in [2.05, 4.69) is 25.6 Å². The third-order valence-electron chi connectivity index (χ3n) is 4.74. The molecule has 10 nitrogen and oxygen atoms in total. The van der Waals surface area contributed by atoms with Crippen molar-refractivity contribution in [2.75, 3.05) is 37.4 Å². The van der Waals surface area contributed by atoms with Gasteiger partial charge in [0, 0.05) is 33.2 Å². The number of amides is 3. The Labute approximate surface area is 173 Å². The molecular formula is C19H25FN8O2. The summed E-state index contributed by atoms with van der Waals surface area (Å²) >= 11 is 0.